The molecule has 2 heterocycles. The third-order valence-electron chi connectivity index (χ3n) is 7.03. The number of aromatic nitrogens is 2. The zero-order chi connectivity index (χ0) is 30.8. The molecule has 1 aromatic heterocycles. The number of amidine groups is 1. The van der Waals surface area contributed by atoms with E-state index in [1.54, 1.807) is 33.8 Å². The number of hydrogen-bond acceptors (Lipinski definition) is 6. The van der Waals surface area contributed by atoms with Gasteiger partial charge in [0, 0.05) is 18.5 Å². The van der Waals surface area contributed by atoms with Gasteiger partial charge in [-0.05, 0) is 81.1 Å². The van der Waals surface area contributed by atoms with E-state index in [9.17, 15) is 18.0 Å². The average molecular weight is 595 g/mol. The van der Waals surface area contributed by atoms with Crippen molar-refractivity contribution in [2.75, 3.05) is 13.2 Å². The lowest BCUT2D eigenvalue weighted by molar-refractivity contribution is -0.137. The summed E-state index contributed by atoms with van der Waals surface area (Å²) in [6.45, 7) is 8.11. The average Bonchev–Trinajstić information content (AvgIpc) is 3.62. The SMILES string of the molecule is C/C(=N\C(=O)OC(C)(C)C)N1CCC[C@H]1c1nc(-c2ccc3cc(OCCc4cccc(C(F)(F)F)c4)ccc3c2)no1. The van der Waals surface area contributed by atoms with Gasteiger partial charge in [0.25, 0.3) is 0 Å². The lowest BCUT2D eigenvalue weighted by atomic mass is 10.1. The Morgan fingerprint density at radius 2 is 1.84 bits per heavy atom. The Morgan fingerprint density at radius 3 is 2.60 bits per heavy atom. The lowest BCUT2D eigenvalue weighted by Crippen LogP contribution is -2.30. The Bertz CT molecular complexity index is 1640. The van der Waals surface area contributed by atoms with Crippen LogP contribution in [0.1, 0.15) is 63.6 Å². The minimum atomic E-state index is -4.37. The van der Waals surface area contributed by atoms with Crippen LogP contribution in [0, 0.1) is 0 Å². The van der Waals surface area contributed by atoms with Gasteiger partial charge in [0.1, 0.15) is 23.2 Å². The number of nitrogens with zero attached hydrogens (tertiary/aromatic N) is 4. The molecule has 4 aromatic rings. The smallest absolute Gasteiger partial charge is 0.435 e. The van der Waals surface area contributed by atoms with Crippen LogP contribution < -0.4 is 4.74 Å². The Balaban J connectivity index is 1.24. The molecule has 226 valence electrons. The van der Waals surface area contributed by atoms with Gasteiger partial charge in [0.15, 0.2) is 0 Å². The maximum Gasteiger partial charge on any atom is 0.435 e. The van der Waals surface area contributed by atoms with Crippen molar-refractivity contribution in [2.24, 2.45) is 4.99 Å². The van der Waals surface area contributed by atoms with Crippen molar-refractivity contribution < 1.29 is 32.0 Å². The van der Waals surface area contributed by atoms with Gasteiger partial charge in [0.2, 0.25) is 11.7 Å². The molecular weight excluding hydrogens is 561 g/mol. The van der Waals surface area contributed by atoms with Crippen LogP contribution in [0.2, 0.25) is 0 Å². The number of hydrogen-bond donors (Lipinski definition) is 0. The van der Waals surface area contributed by atoms with Crippen LogP contribution in [-0.2, 0) is 17.3 Å². The number of amides is 1. The number of benzene rings is 3. The quantitative estimate of drug-likeness (QED) is 0.165. The molecule has 1 fully saturated rings. The number of carbonyl (C=O) groups excluding carboxylic acids is 1. The molecule has 0 aliphatic carbocycles. The molecule has 0 unspecified atom stereocenters. The van der Waals surface area contributed by atoms with Crippen molar-refractivity contribution in [1.82, 2.24) is 15.0 Å². The molecule has 0 spiro atoms. The summed E-state index contributed by atoms with van der Waals surface area (Å²) in [6.07, 6.45) is -2.97. The molecule has 0 bridgehead atoms. The minimum absolute atomic E-state index is 0.191. The van der Waals surface area contributed by atoms with Gasteiger partial charge in [-0.15, -0.1) is 0 Å². The molecule has 8 nitrogen and oxygen atoms in total. The maximum absolute atomic E-state index is 13.0. The third-order valence-corrected chi connectivity index (χ3v) is 7.03. The first-order valence-electron chi connectivity index (χ1n) is 14.1. The van der Waals surface area contributed by atoms with E-state index in [1.807, 2.05) is 41.3 Å². The summed E-state index contributed by atoms with van der Waals surface area (Å²) in [4.78, 5) is 23.0. The van der Waals surface area contributed by atoms with E-state index in [1.165, 1.54) is 6.07 Å². The third kappa shape index (κ3) is 7.52. The second-order valence-electron chi connectivity index (χ2n) is 11.5. The van der Waals surface area contributed by atoms with Crippen molar-refractivity contribution in [1.29, 1.82) is 0 Å². The van der Waals surface area contributed by atoms with E-state index >= 15 is 0 Å². The molecule has 11 heteroatoms. The van der Waals surface area contributed by atoms with Crippen LogP contribution in [0.3, 0.4) is 0 Å². The molecular formula is C32H33F3N4O4. The number of likely N-dealkylation sites (tertiary alicyclic amines) is 1. The van der Waals surface area contributed by atoms with Gasteiger partial charge in [-0.3, -0.25) is 0 Å². The van der Waals surface area contributed by atoms with E-state index in [-0.39, 0.29) is 12.6 Å². The molecule has 1 atom stereocenters. The molecule has 3 aromatic carbocycles. The molecule has 1 saturated heterocycles. The monoisotopic (exact) mass is 594 g/mol. The molecule has 0 N–H and O–H groups in total. The Labute approximate surface area is 247 Å². The predicted molar refractivity (Wildman–Crippen MR) is 156 cm³/mol. The van der Waals surface area contributed by atoms with Gasteiger partial charge >= 0.3 is 12.3 Å². The van der Waals surface area contributed by atoms with Crippen molar-refractivity contribution >= 4 is 22.7 Å². The summed E-state index contributed by atoms with van der Waals surface area (Å²) < 4.78 is 55.7. The summed E-state index contributed by atoms with van der Waals surface area (Å²) >= 11 is 0. The first kappa shape index (κ1) is 30.1. The summed E-state index contributed by atoms with van der Waals surface area (Å²) in [6, 6.07) is 16.5. The van der Waals surface area contributed by atoms with Gasteiger partial charge in [-0.25, -0.2) is 4.79 Å². The fourth-order valence-corrected chi connectivity index (χ4v) is 5.02. The Kier molecular flexibility index (Phi) is 8.43. The summed E-state index contributed by atoms with van der Waals surface area (Å²) in [5.41, 5.74) is 0.0507. The molecule has 1 aliphatic rings. The van der Waals surface area contributed by atoms with Gasteiger partial charge in [-0.2, -0.15) is 23.1 Å². The number of aliphatic imine (C=N–C) groups is 1. The fraction of sp³-hybridized carbons (Fsp3) is 0.375. The van der Waals surface area contributed by atoms with Crippen LogP contribution in [-0.4, -0.2) is 45.7 Å². The first-order valence-corrected chi connectivity index (χ1v) is 14.1. The molecule has 1 aliphatic heterocycles. The van der Waals surface area contributed by atoms with Crippen molar-refractivity contribution in [2.45, 2.75) is 64.8 Å². The van der Waals surface area contributed by atoms with Gasteiger partial charge < -0.3 is 18.9 Å². The van der Waals surface area contributed by atoms with E-state index in [0.29, 0.717) is 41.8 Å². The highest BCUT2D eigenvalue weighted by Crippen LogP contribution is 2.34. The highest BCUT2D eigenvalue weighted by atomic mass is 19.4. The second-order valence-corrected chi connectivity index (χ2v) is 11.5. The summed E-state index contributed by atoms with van der Waals surface area (Å²) in [7, 11) is 0. The zero-order valence-electron chi connectivity index (χ0n) is 24.4. The van der Waals surface area contributed by atoms with Crippen LogP contribution >= 0.6 is 0 Å². The van der Waals surface area contributed by atoms with Crippen molar-refractivity contribution in [3.8, 4) is 17.1 Å². The molecule has 0 saturated carbocycles. The van der Waals surface area contributed by atoms with E-state index in [0.717, 1.165) is 41.3 Å². The van der Waals surface area contributed by atoms with E-state index < -0.39 is 23.4 Å². The van der Waals surface area contributed by atoms with Crippen LogP contribution in [0.25, 0.3) is 22.2 Å². The maximum atomic E-state index is 13.0. The van der Waals surface area contributed by atoms with E-state index in [2.05, 4.69) is 15.1 Å². The molecule has 43 heavy (non-hydrogen) atoms. The van der Waals surface area contributed by atoms with Crippen molar-refractivity contribution in [3.05, 3.63) is 77.7 Å². The van der Waals surface area contributed by atoms with Crippen LogP contribution in [0.15, 0.2) is 70.2 Å². The predicted octanol–water partition coefficient (Wildman–Crippen LogP) is 8.02. The largest absolute Gasteiger partial charge is 0.493 e. The number of carbonyl (C=O) groups is 1. The van der Waals surface area contributed by atoms with Crippen LogP contribution in [0.5, 0.6) is 5.75 Å². The van der Waals surface area contributed by atoms with Crippen LogP contribution in [0.4, 0.5) is 18.0 Å². The highest BCUT2D eigenvalue weighted by Gasteiger charge is 2.33. The number of rotatable bonds is 6. The molecule has 0 radical (unpaired) electrons. The normalized spacial score (nSPS) is 16.1. The number of ether oxygens (including phenoxy) is 2. The summed E-state index contributed by atoms with van der Waals surface area (Å²) in [5, 5.41) is 6.08. The first-order chi connectivity index (χ1) is 20.4. The molecule has 1 amide bonds. The minimum Gasteiger partial charge on any atom is -0.493 e. The number of fused-ring (bicyclic) bond motifs is 1. The standard InChI is InChI=1S/C32H33F3N4O4/c1-20(36-30(40)42-31(2,3)4)39-15-6-9-27(39)29-37-28(38-43-29)24-11-10-23-19-26(13-12-22(23)18-24)41-16-14-21-7-5-8-25(17-21)32(33,34)35/h5,7-8,10-13,17-19,27H,6,9,14-16H2,1-4H3/b36-20+/t27-/m0/s1. The number of halogens is 3. The van der Waals surface area contributed by atoms with Gasteiger partial charge in [0.05, 0.1) is 12.2 Å². The highest BCUT2D eigenvalue weighted by molar-refractivity contribution is 5.90. The van der Waals surface area contributed by atoms with Crippen molar-refractivity contribution in [3.63, 3.8) is 0 Å². The second kappa shape index (κ2) is 12.1. The lowest BCUT2D eigenvalue weighted by Gasteiger charge is -2.24. The topological polar surface area (TPSA) is 90.0 Å². The fourth-order valence-electron chi connectivity index (χ4n) is 5.02. The molecule has 5 rings (SSSR count). The van der Waals surface area contributed by atoms with E-state index in [4.69, 9.17) is 14.0 Å². The zero-order valence-corrected chi connectivity index (χ0v) is 24.4. The Morgan fingerprint density at radius 1 is 1.07 bits per heavy atom. The van der Waals surface area contributed by atoms with Gasteiger partial charge in [-0.1, -0.05) is 41.6 Å². The summed E-state index contributed by atoms with van der Waals surface area (Å²) in [5.74, 6) is 2.07. The Hall–Kier alpha value is -4.41. The number of alkyl halides is 3.